The molecule has 1 aliphatic rings. The molecule has 3 aromatic rings. The standard InChI is InChI=1S/C25H29N5O2S/c1-19(28-25(32)24(31)27-18-20-8-5-6-12-26-20)23(22-11-7-17-33-22)30-15-13-29(14-16-30)21-9-3-2-4-10-21/h2-12,17,19,23H,13-16,18H2,1H3,(H,27,31)(H,28,32)/t19-,23+/m0/s1. The Morgan fingerprint density at radius 2 is 1.73 bits per heavy atom. The van der Waals surface area contributed by atoms with E-state index in [-0.39, 0.29) is 18.6 Å². The molecule has 0 unspecified atom stereocenters. The number of carbonyl (C=O) groups excluding carboxylic acids is 2. The number of anilines is 1. The fourth-order valence-electron chi connectivity index (χ4n) is 4.20. The van der Waals surface area contributed by atoms with Crippen molar-refractivity contribution in [1.82, 2.24) is 20.5 Å². The molecule has 33 heavy (non-hydrogen) atoms. The van der Waals surface area contributed by atoms with Crippen LogP contribution >= 0.6 is 11.3 Å². The number of nitrogens with one attached hydrogen (secondary N) is 2. The van der Waals surface area contributed by atoms with Crippen LogP contribution in [0, 0.1) is 0 Å². The molecule has 8 heteroatoms. The van der Waals surface area contributed by atoms with E-state index in [0.29, 0.717) is 5.69 Å². The van der Waals surface area contributed by atoms with Crippen LogP contribution in [-0.2, 0) is 16.1 Å². The summed E-state index contributed by atoms with van der Waals surface area (Å²) in [5.41, 5.74) is 1.94. The van der Waals surface area contributed by atoms with Crippen molar-refractivity contribution in [2.45, 2.75) is 25.6 Å². The molecule has 0 aliphatic carbocycles. The lowest BCUT2D eigenvalue weighted by molar-refractivity contribution is -0.140. The second-order valence-electron chi connectivity index (χ2n) is 8.08. The lowest BCUT2D eigenvalue weighted by atomic mass is 10.0. The van der Waals surface area contributed by atoms with Crippen molar-refractivity contribution < 1.29 is 9.59 Å². The summed E-state index contributed by atoms with van der Waals surface area (Å²) in [5, 5.41) is 7.63. The molecular weight excluding hydrogens is 434 g/mol. The van der Waals surface area contributed by atoms with Gasteiger partial charge in [-0.3, -0.25) is 19.5 Å². The Morgan fingerprint density at radius 1 is 0.970 bits per heavy atom. The summed E-state index contributed by atoms with van der Waals surface area (Å²) in [7, 11) is 0. The second-order valence-corrected chi connectivity index (χ2v) is 9.06. The first-order valence-electron chi connectivity index (χ1n) is 11.2. The fraction of sp³-hybridized carbons (Fsp3) is 0.320. The lowest BCUT2D eigenvalue weighted by Gasteiger charge is -2.42. The first kappa shape index (κ1) is 22.9. The molecule has 7 nitrogen and oxygen atoms in total. The minimum Gasteiger partial charge on any atom is -0.369 e. The molecule has 3 heterocycles. The molecule has 2 aromatic heterocycles. The van der Waals surface area contributed by atoms with E-state index in [4.69, 9.17) is 0 Å². The number of nitrogens with zero attached hydrogens (tertiary/aromatic N) is 3. The van der Waals surface area contributed by atoms with E-state index < -0.39 is 11.8 Å². The summed E-state index contributed by atoms with van der Waals surface area (Å²) < 4.78 is 0. The normalized spacial score (nSPS) is 16.1. The molecule has 0 bridgehead atoms. The van der Waals surface area contributed by atoms with Crippen LogP contribution < -0.4 is 15.5 Å². The topological polar surface area (TPSA) is 77.6 Å². The maximum Gasteiger partial charge on any atom is 0.309 e. The van der Waals surface area contributed by atoms with Crippen LogP contribution in [0.2, 0.25) is 0 Å². The fourth-order valence-corrected chi connectivity index (χ4v) is 5.17. The third kappa shape index (κ3) is 5.97. The zero-order valence-corrected chi connectivity index (χ0v) is 19.5. The van der Waals surface area contributed by atoms with Crippen LogP contribution in [0.4, 0.5) is 5.69 Å². The van der Waals surface area contributed by atoms with Gasteiger partial charge in [0.15, 0.2) is 0 Å². The quantitative estimate of drug-likeness (QED) is 0.527. The van der Waals surface area contributed by atoms with Gasteiger partial charge in [0.25, 0.3) is 0 Å². The summed E-state index contributed by atoms with van der Waals surface area (Å²) in [6, 6.07) is 19.8. The third-order valence-electron chi connectivity index (χ3n) is 5.86. The van der Waals surface area contributed by atoms with E-state index in [1.54, 1.807) is 17.5 Å². The van der Waals surface area contributed by atoms with Crippen molar-refractivity contribution in [3.05, 3.63) is 82.8 Å². The van der Waals surface area contributed by atoms with Gasteiger partial charge in [0.1, 0.15) is 0 Å². The van der Waals surface area contributed by atoms with Gasteiger partial charge >= 0.3 is 11.8 Å². The molecule has 0 saturated carbocycles. The molecule has 1 fully saturated rings. The Balaban J connectivity index is 1.37. The van der Waals surface area contributed by atoms with Crippen molar-refractivity contribution in [3.8, 4) is 0 Å². The van der Waals surface area contributed by atoms with Crippen molar-refractivity contribution >= 4 is 28.8 Å². The van der Waals surface area contributed by atoms with Gasteiger partial charge in [0.2, 0.25) is 0 Å². The molecular formula is C25H29N5O2S. The Bertz CT molecular complexity index is 1020. The lowest BCUT2D eigenvalue weighted by Crippen LogP contribution is -2.53. The number of carbonyl (C=O) groups is 2. The predicted molar refractivity (Wildman–Crippen MR) is 131 cm³/mol. The average Bonchev–Trinajstić information content (AvgIpc) is 3.38. The van der Waals surface area contributed by atoms with Gasteiger partial charge in [-0.15, -0.1) is 11.3 Å². The maximum absolute atomic E-state index is 12.6. The first-order valence-corrected chi connectivity index (χ1v) is 12.1. The Kier molecular flexibility index (Phi) is 7.70. The number of aromatic nitrogens is 1. The smallest absolute Gasteiger partial charge is 0.309 e. The van der Waals surface area contributed by atoms with E-state index in [0.717, 1.165) is 26.2 Å². The summed E-state index contributed by atoms with van der Waals surface area (Å²) in [6.45, 7) is 5.77. The van der Waals surface area contributed by atoms with Gasteiger partial charge in [-0.2, -0.15) is 0 Å². The van der Waals surface area contributed by atoms with E-state index in [1.807, 2.05) is 37.3 Å². The molecule has 2 atom stereocenters. The SMILES string of the molecule is C[C@H](NC(=O)C(=O)NCc1ccccn1)[C@H](c1cccs1)N1CCN(c2ccccc2)CC1. The van der Waals surface area contributed by atoms with Crippen molar-refractivity contribution in [3.63, 3.8) is 0 Å². The monoisotopic (exact) mass is 463 g/mol. The molecule has 0 radical (unpaired) electrons. The molecule has 2 amide bonds. The van der Waals surface area contributed by atoms with E-state index in [2.05, 4.69) is 61.1 Å². The number of benzene rings is 1. The van der Waals surface area contributed by atoms with E-state index in [1.165, 1.54) is 10.6 Å². The van der Waals surface area contributed by atoms with Gasteiger partial charge in [-0.1, -0.05) is 30.3 Å². The number of amides is 2. The highest BCUT2D eigenvalue weighted by Crippen LogP contribution is 2.30. The van der Waals surface area contributed by atoms with Gasteiger partial charge in [0, 0.05) is 49.0 Å². The number of para-hydroxylation sites is 1. The Hall–Kier alpha value is -3.23. The first-order chi connectivity index (χ1) is 16.1. The summed E-state index contributed by atoms with van der Waals surface area (Å²) in [6.07, 6.45) is 1.66. The van der Waals surface area contributed by atoms with Crippen LogP contribution in [0.25, 0.3) is 0 Å². The number of hydrogen-bond acceptors (Lipinski definition) is 6. The number of hydrogen-bond donors (Lipinski definition) is 2. The molecule has 0 spiro atoms. The highest BCUT2D eigenvalue weighted by Gasteiger charge is 2.31. The van der Waals surface area contributed by atoms with Gasteiger partial charge in [-0.05, 0) is 42.6 Å². The highest BCUT2D eigenvalue weighted by molar-refractivity contribution is 7.10. The Labute approximate surface area is 198 Å². The number of thiophene rings is 1. The molecule has 1 aliphatic heterocycles. The number of rotatable bonds is 7. The molecule has 2 N–H and O–H groups in total. The number of piperazine rings is 1. The minimum atomic E-state index is -0.647. The van der Waals surface area contributed by atoms with Gasteiger partial charge in [0.05, 0.1) is 18.3 Å². The summed E-state index contributed by atoms with van der Waals surface area (Å²) in [5.74, 6) is -1.27. The van der Waals surface area contributed by atoms with Crippen LogP contribution in [-0.4, -0.2) is 53.9 Å². The third-order valence-corrected chi connectivity index (χ3v) is 6.80. The van der Waals surface area contributed by atoms with E-state index in [9.17, 15) is 9.59 Å². The predicted octanol–water partition coefficient (Wildman–Crippen LogP) is 2.83. The zero-order chi connectivity index (χ0) is 23.0. The van der Waals surface area contributed by atoms with Gasteiger partial charge < -0.3 is 15.5 Å². The summed E-state index contributed by atoms with van der Waals surface area (Å²) >= 11 is 1.68. The average molecular weight is 464 g/mol. The van der Waals surface area contributed by atoms with Crippen LogP contribution in [0.15, 0.2) is 72.2 Å². The van der Waals surface area contributed by atoms with Crippen LogP contribution in [0.1, 0.15) is 23.5 Å². The van der Waals surface area contributed by atoms with E-state index >= 15 is 0 Å². The summed E-state index contributed by atoms with van der Waals surface area (Å²) in [4.78, 5) is 35.1. The minimum absolute atomic E-state index is 0.00969. The zero-order valence-electron chi connectivity index (χ0n) is 18.7. The molecule has 4 rings (SSSR count). The molecule has 1 aromatic carbocycles. The highest BCUT2D eigenvalue weighted by atomic mass is 32.1. The second kappa shape index (κ2) is 11.1. The van der Waals surface area contributed by atoms with Gasteiger partial charge in [-0.25, -0.2) is 0 Å². The molecule has 1 saturated heterocycles. The Morgan fingerprint density at radius 3 is 2.39 bits per heavy atom. The van der Waals surface area contributed by atoms with Crippen LogP contribution in [0.3, 0.4) is 0 Å². The molecule has 172 valence electrons. The van der Waals surface area contributed by atoms with Crippen molar-refractivity contribution in [2.75, 3.05) is 31.1 Å². The number of pyridine rings is 1. The van der Waals surface area contributed by atoms with Crippen molar-refractivity contribution in [1.29, 1.82) is 0 Å². The maximum atomic E-state index is 12.6. The van der Waals surface area contributed by atoms with Crippen molar-refractivity contribution in [2.24, 2.45) is 0 Å². The van der Waals surface area contributed by atoms with Crippen LogP contribution in [0.5, 0.6) is 0 Å². The largest absolute Gasteiger partial charge is 0.369 e.